The first-order chi connectivity index (χ1) is 12.2. The highest BCUT2D eigenvalue weighted by molar-refractivity contribution is 5.89. The summed E-state index contributed by atoms with van der Waals surface area (Å²) in [5, 5.41) is 4.04. The van der Waals surface area contributed by atoms with Gasteiger partial charge in [-0.15, -0.1) is 0 Å². The molecule has 0 atom stereocenters. The average molecular weight is 339 g/mol. The van der Waals surface area contributed by atoms with Crippen molar-refractivity contribution >= 4 is 5.97 Å². The van der Waals surface area contributed by atoms with Crippen molar-refractivity contribution in [2.75, 3.05) is 14.2 Å². The molecular formula is C18H17N3O4. The molecule has 3 rings (SSSR count). The van der Waals surface area contributed by atoms with Gasteiger partial charge in [0.05, 0.1) is 25.5 Å². The van der Waals surface area contributed by atoms with Crippen LogP contribution in [-0.4, -0.2) is 35.0 Å². The summed E-state index contributed by atoms with van der Waals surface area (Å²) in [5.74, 6) is 0.883. The molecule has 7 heteroatoms. The van der Waals surface area contributed by atoms with E-state index >= 15 is 0 Å². The Morgan fingerprint density at radius 2 is 1.88 bits per heavy atom. The Morgan fingerprint density at radius 3 is 2.52 bits per heavy atom. The number of hydrogen-bond acceptors (Lipinski definition) is 6. The van der Waals surface area contributed by atoms with E-state index < -0.39 is 5.97 Å². The number of benzene rings is 2. The zero-order chi connectivity index (χ0) is 17.6. The van der Waals surface area contributed by atoms with Crippen LogP contribution >= 0.6 is 0 Å². The maximum absolute atomic E-state index is 12.2. The Bertz CT molecular complexity index is 845. The van der Waals surface area contributed by atoms with Crippen molar-refractivity contribution in [2.24, 2.45) is 0 Å². The van der Waals surface area contributed by atoms with Gasteiger partial charge >= 0.3 is 5.97 Å². The lowest BCUT2D eigenvalue weighted by Gasteiger charge is -2.11. The quantitative estimate of drug-likeness (QED) is 0.643. The van der Waals surface area contributed by atoms with Crippen LogP contribution in [0.25, 0.3) is 5.69 Å². The highest BCUT2D eigenvalue weighted by Gasteiger charge is 2.11. The molecule has 0 bridgehead atoms. The summed E-state index contributed by atoms with van der Waals surface area (Å²) in [5.41, 5.74) is 1.99. The van der Waals surface area contributed by atoms with Gasteiger partial charge in [0.15, 0.2) is 0 Å². The van der Waals surface area contributed by atoms with E-state index in [2.05, 4.69) is 10.1 Å². The second kappa shape index (κ2) is 7.48. The van der Waals surface area contributed by atoms with E-state index in [0.29, 0.717) is 17.1 Å². The minimum Gasteiger partial charge on any atom is -0.497 e. The van der Waals surface area contributed by atoms with Crippen molar-refractivity contribution in [1.82, 2.24) is 14.8 Å². The van der Waals surface area contributed by atoms with Gasteiger partial charge in [0.25, 0.3) is 0 Å². The molecule has 0 radical (unpaired) electrons. The Morgan fingerprint density at radius 1 is 1.08 bits per heavy atom. The summed E-state index contributed by atoms with van der Waals surface area (Å²) in [4.78, 5) is 16.1. The molecule has 0 fully saturated rings. The lowest BCUT2D eigenvalue weighted by Crippen LogP contribution is -2.06. The number of nitrogens with zero attached hydrogens (tertiary/aromatic N) is 3. The second-order valence-corrected chi connectivity index (χ2v) is 5.14. The molecule has 7 nitrogen and oxygen atoms in total. The SMILES string of the molecule is COc1ccc(OC)c(COC(=O)c2ccc(-n3cncn3)cc2)c1. The zero-order valence-corrected chi connectivity index (χ0v) is 13.9. The van der Waals surface area contributed by atoms with E-state index in [0.717, 1.165) is 11.3 Å². The molecule has 128 valence electrons. The van der Waals surface area contributed by atoms with Crippen molar-refractivity contribution in [2.45, 2.75) is 6.61 Å². The van der Waals surface area contributed by atoms with Crippen LogP contribution in [0.3, 0.4) is 0 Å². The Kier molecular flexibility index (Phi) is 4.94. The molecule has 1 heterocycles. The van der Waals surface area contributed by atoms with Gasteiger partial charge in [0.1, 0.15) is 30.8 Å². The average Bonchev–Trinajstić information content (AvgIpc) is 3.20. The molecule has 0 saturated carbocycles. The summed E-state index contributed by atoms with van der Waals surface area (Å²) in [6.07, 6.45) is 3.03. The summed E-state index contributed by atoms with van der Waals surface area (Å²) in [6, 6.07) is 12.3. The fourth-order valence-corrected chi connectivity index (χ4v) is 2.31. The Balaban J connectivity index is 1.68. The molecule has 0 spiro atoms. The van der Waals surface area contributed by atoms with Crippen molar-refractivity contribution in [1.29, 1.82) is 0 Å². The van der Waals surface area contributed by atoms with E-state index in [1.165, 1.54) is 6.33 Å². The van der Waals surface area contributed by atoms with Crippen LogP contribution in [0.15, 0.2) is 55.1 Å². The Hall–Kier alpha value is -3.35. The maximum atomic E-state index is 12.2. The molecule has 3 aromatic rings. The van der Waals surface area contributed by atoms with Crippen LogP contribution in [0.5, 0.6) is 11.5 Å². The van der Waals surface area contributed by atoms with Gasteiger partial charge in [-0.05, 0) is 42.5 Å². The van der Waals surface area contributed by atoms with Crippen LogP contribution in [0, 0.1) is 0 Å². The van der Waals surface area contributed by atoms with Gasteiger partial charge in [0.2, 0.25) is 0 Å². The molecule has 25 heavy (non-hydrogen) atoms. The first kappa shape index (κ1) is 16.5. The predicted octanol–water partition coefficient (Wildman–Crippen LogP) is 2.64. The van der Waals surface area contributed by atoms with E-state index in [4.69, 9.17) is 14.2 Å². The molecule has 0 aliphatic heterocycles. The molecule has 0 saturated heterocycles. The second-order valence-electron chi connectivity index (χ2n) is 5.14. The van der Waals surface area contributed by atoms with Crippen LogP contribution in [0.4, 0.5) is 0 Å². The fraction of sp³-hybridized carbons (Fsp3) is 0.167. The van der Waals surface area contributed by atoms with Crippen LogP contribution < -0.4 is 9.47 Å². The number of carbonyl (C=O) groups excluding carboxylic acids is 1. The minimum atomic E-state index is -0.421. The Labute approximate surface area is 144 Å². The normalized spacial score (nSPS) is 10.3. The lowest BCUT2D eigenvalue weighted by molar-refractivity contribution is 0.0470. The van der Waals surface area contributed by atoms with Crippen LogP contribution in [0.2, 0.25) is 0 Å². The van der Waals surface area contributed by atoms with Gasteiger partial charge in [0, 0.05) is 5.56 Å². The summed E-state index contributed by atoms with van der Waals surface area (Å²) >= 11 is 0. The third-order valence-corrected chi connectivity index (χ3v) is 3.63. The number of aromatic nitrogens is 3. The van der Waals surface area contributed by atoms with E-state index in [-0.39, 0.29) is 6.61 Å². The molecular weight excluding hydrogens is 322 g/mol. The van der Waals surface area contributed by atoms with Crippen molar-refractivity contribution in [3.05, 3.63) is 66.2 Å². The summed E-state index contributed by atoms with van der Waals surface area (Å²) in [7, 11) is 3.14. The molecule has 0 aliphatic carbocycles. The van der Waals surface area contributed by atoms with Gasteiger partial charge in [-0.2, -0.15) is 5.10 Å². The number of esters is 1. The summed E-state index contributed by atoms with van der Waals surface area (Å²) in [6.45, 7) is 0.0873. The van der Waals surface area contributed by atoms with Crippen LogP contribution in [-0.2, 0) is 11.3 Å². The maximum Gasteiger partial charge on any atom is 0.338 e. The van der Waals surface area contributed by atoms with Crippen molar-refractivity contribution in [3.8, 4) is 17.2 Å². The molecule has 2 aromatic carbocycles. The number of hydrogen-bond donors (Lipinski definition) is 0. The monoisotopic (exact) mass is 339 g/mol. The van der Waals surface area contributed by atoms with Gasteiger partial charge in [-0.25, -0.2) is 14.5 Å². The van der Waals surface area contributed by atoms with Gasteiger partial charge < -0.3 is 14.2 Å². The van der Waals surface area contributed by atoms with Crippen molar-refractivity contribution < 1.29 is 19.0 Å². The third kappa shape index (κ3) is 3.77. The zero-order valence-electron chi connectivity index (χ0n) is 13.9. The molecule has 0 aliphatic rings. The summed E-state index contributed by atoms with van der Waals surface area (Å²) < 4.78 is 17.4. The largest absolute Gasteiger partial charge is 0.497 e. The lowest BCUT2D eigenvalue weighted by atomic mass is 10.2. The predicted molar refractivity (Wildman–Crippen MR) is 90.0 cm³/mol. The number of ether oxygens (including phenoxy) is 3. The van der Waals surface area contributed by atoms with Crippen LogP contribution in [0.1, 0.15) is 15.9 Å². The molecule has 0 N–H and O–H groups in total. The third-order valence-electron chi connectivity index (χ3n) is 3.63. The first-order valence-corrected chi connectivity index (χ1v) is 7.54. The minimum absolute atomic E-state index is 0.0873. The number of rotatable bonds is 6. The number of methoxy groups -OCH3 is 2. The highest BCUT2D eigenvalue weighted by Crippen LogP contribution is 2.25. The molecule has 0 amide bonds. The van der Waals surface area contributed by atoms with E-state index in [1.807, 2.05) is 0 Å². The van der Waals surface area contributed by atoms with Gasteiger partial charge in [-0.3, -0.25) is 0 Å². The highest BCUT2D eigenvalue weighted by atomic mass is 16.5. The fourth-order valence-electron chi connectivity index (χ4n) is 2.31. The van der Waals surface area contributed by atoms with E-state index in [1.54, 1.807) is 67.7 Å². The van der Waals surface area contributed by atoms with E-state index in [9.17, 15) is 4.79 Å². The molecule has 1 aromatic heterocycles. The topological polar surface area (TPSA) is 75.5 Å². The van der Waals surface area contributed by atoms with Gasteiger partial charge in [-0.1, -0.05) is 0 Å². The standard InChI is InChI=1S/C18H17N3O4/c1-23-16-7-8-17(24-2)14(9-16)10-25-18(22)13-3-5-15(6-4-13)21-12-19-11-20-21/h3-9,11-12H,10H2,1-2H3. The van der Waals surface area contributed by atoms with Crippen molar-refractivity contribution in [3.63, 3.8) is 0 Å². The molecule has 0 unspecified atom stereocenters. The number of carbonyl (C=O) groups is 1. The smallest absolute Gasteiger partial charge is 0.338 e. The first-order valence-electron chi connectivity index (χ1n) is 7.54.